The second-order valence-electron chi connectivity index (χ2n) is 7.06. The Labute approximate surface area is 176 Å². The van der Waals surface area contributed by atoms with E-state index in [-0.39, 0.29) is 23.9 Å². The van der Waals surface area contributed by atoms with Crippen molar-refractivity contribution < 1.29 is 13.9 Å². The van der Waals surface area contributed by atoms with Gasteiger partial charge in [0, 0.05) is 30.6 Å². The molecule has 29 heavy (non-hydrogen) atoms. The summed E-state index contributed by atoms with van der Waals surface area (Å²) in [6.45, 7) is 6.59. The van der Waals surface area contributed by atoms with Crippen molar-refractivity contribution in [3.05, 3.63) is 52.2 Å². The summed E-state index contributed by atoms with van der Waals surface area (Å²) in [5.74, 6) is -0.648. The largest absolute Gasteiger partial charge is 0.373 e. The number of aromatic nitrogens is 2. The zero-order valence-electron chi connectivity index (χ0n) is 16.1. The topological polar surface area (TPSA) is 67.4 Å². The van der Waals surface area contributed by atoms with Gasteiger partial charge < -0.3 is 4.74 Å². The van der Waals surface area contributed by atoms with E-state index >= 15 is 0 Å². The molecule has 1 fully saturated rings. The number of hydrogen-bond acceptors (Lipinski definition) is 7. The summed E-state index contributed by atoms with van der Waals surface area (Å²) in [4.78, 5) is 24.0. The number of morpholine rings is 1. The molecule has 3 heterocycles. The van der Waals surface area contributed by atoms with Gasteiger partial charge >= 0.3 is 0 Å². The predicted molar refractivity (Wildman–Crippen MR) is 113 cm³/mol. The molecular weight excluding hydrogens is 411 g/mol. The van der Waals surface area contributed by atoms with Crippen LogP contribution < -0.4 is 5.32 Å². The smallest absolute Gasteiger partial charge is 0.269 e. The molecule has 152 valence electrons. The van der Waals surface area contributed by atoms with Gasteiger partial charge in [-0.05, 0) is 26.0 Å². The van der Waals surface area contributed by atoms with Crippen LogP contribution in [0.4, 0.5) is 9.52 Å². The number of hydrogen-bond donors (Lipinski definition) is 1. The van der Waals surface area contributed by atoms with Gasteiger partial charge in [0.15, 0.2) is 5.13 Å². The Kier molecular flexibility index (Phi) is 6.00. The Morgan fingerprint density at radius 2 is 2.07 bits per heavy atom. The average Bonchev–Trinajstić information content (AvgIpc) is 3.31. The minimum Gasteiger partial charge on any atom is -0.373 e. The molecule has 0 spiro atoms. The van der Waals surface area contributed by atoms with Gasteiger partial charge in [0.25, 0.3) is 5.91 Å². The van der Waals surface area contributed by atoms with E-state index in [1.807, 2.05) is 5.38 Å². The van der Waals surface area contributed by atoms with E-state index in [0.29, 0.717) is 20.6 Å². The van der Waals surface area contributed by atoms with Gasteiger partial charge in [0.2, 0.25) is 0 Å². The minimum atomic E-state index is -0.356. The Bertz CT molecular complexity index is 996. The van der Waals surface area contributed by atoms with Crippen molar-refractivity contribution in [1.29, 1.82) is 0 Å². The Hall–Kier alpha value is -2.20. The molecule has 1 aliphatic heterocycles. The molecular formula is C20H21FN4O2S2. The van der Waals surface area contributed by atoms with Crippen molar-refractivity contribution in [2.24, 2.45) is 0 Å². The van der Waals surface area contributed by atoms with E-state index < -0.39 is 0 Å². The van der Waals surface area contributed by atoms with Crippen LogP contribution in [0.2, 0.25) is 0 Å². The SMILES string of the molecule is CC1CN(Cc2csc(NC(=O)c3cnc(-c4ccccc4F)s3)n2)CC(C)O1. The van der Waals surface area contributed by atoms with Crippen LogP contribution in [0, 0.1) is 5.82 Å². The van der Waals surface area contributed by atoms with Crippen LogP contribution in [0.3, 0.4) is 0 Å². The fourth-order valence-electron chi connectivity index (χ4n) is 3.38. The Morgan fingerprint density at radius 1 is 1.31 bits per heavy atom. The summed E-state index contributed by atoms with van der Waals surface area (Å²) in [5, 5.41) is 5.79. The van der Waals surface area contributed by atoms with Gasteiger partial charge in [-0.3, -0.25) is 15.0 Å². The first-order valence-corrected chi connectivity index (χ1v) is 11.0. The molecule has 2 atom stereocenters. The monoisotopic (exact) mass is 432 g/mol. The number of thiazole rings is 2. The first-order chi connectivity index (χ1) is 14.0. The second-order valence-corrected chi connectivity index (χ2v) is 8.95. The van der Waals surface area contributed by atoms with Crippen LogP contribution in [0.1, 0.15) is 29.2 Å². The highest BCUT2D eigenvalue weighted by atomic mass is 32.1. The van der Waals surface area contributed by atoms with Crippen LogP contribution in [0.25, 0.3) is 10.6 Å². The van der Waals surface area contributed by atoms with Gasteiger partial charge in [-0.1, -0.05) is 12.1 Å². The first-order valence-electron chi connectivity index (χ1n) is 9.32. The molecule has 2 aromatic heterocycles. The normalized spacial score (nSPS) is 20.0. The third-order valence-electron chi connectivity index (χ3n) is 4.49. The number of amides is 1. The van der Waals surface area contributed by atoms with E-state index in [0.717, 1.165) is 36.7 Å². The number of ether oxygens (including phenoxy) is 1. The quantitative estimate of drug-likeness (QED) is 0.652. The summed E-state index contributed by atoms with van der Waals surface area (Å²) in [6, 6.07) is 6.39. The van der Waals surface area contributed by atoms with Crippen LogP contribution >= 0.6 is 22.7 Å². The molecule has 0 saturated carbocycles. The molecule has 1 aliphatic rings. The number of halogens is 1. The number of rotatable bonds is 5. The van der Waals surface area contributed by atoms with E-state index in [1.54, 1.807) is 18.2 Å². The van der Waals surface area contributed by atoms with Gasteiger partial charge in [0.1, 0.15) is 15.7 Å². The summed E-state index contributed by atoms with van der Waals surface area (Å²) < 4.78 is 19.7. The highest BCUT2D eigenvalue weighted by Crippen LogP contribution is 2.28. The summed E-state index contributed by atoms with van der Waals surface area (Å²) in [7, 11) is 0. The number of benzene rings is 1. The maximum Gasteiger partial charge on any atom is 0.269 e. The van der Waals surface area contributed by atoms with Crippen molar-refractivity contribution in [1.82, 2.24) is 14.9 Å². The van der Waals surface area contributed by atoms with Crippen LogP contribution in [0.15, 0.2) is 35.8 Å². The van der Waals surface area contributed by atoms with Gasteiger partial charge in [-0.25, -0.2) is 14.4 Å². The molecule has 0 bridgehead atoms. The van der Waals surface area contributed by atoms with E-state index in [2.05, 4.69) is 34.0 Å². The number of carbonyl (C=O) groups excluding carboxylic acids is 1. The van der Waals surface area contributed by atoms with Gasteiger partial charge in [-0.15, -0.1) is 22.7 Å². The molecule has 9 heteroatoms. The number of nitrogens with zero attached hydrogens (tertiary/aromatic N) is 3. The summed E-state index contributed by atoms with van der Waals surface area (Å²) >= 11 is 2.55. The lowest BCUT2D eigenvalue weighted by atomic mass is 10.2. The summed E-state index contributed by atoms with van der Waals surface area (Å²) in [6.07, 6.45) is 1.87. The van der Waals surface area contributed by atoms with Crippen LogP contribution in [-0.2, 0) is 11.3 Å². The number of carbonyl (C=O) groups is 1. The third kappa shape index (κ3) is 4.87. The molecule has 0 aliphatic carbocycles. The van der Waals surface area contributed by atoms with E-state index in [4.69, 9.17) is 4.74 Å². The molecule has 3 aromatic rings. The molecule has 1 saturated heterocycles. The fourth-order valence-corrected chi connectivity index (χ4v) is 4.91. The van der Waals surface area contributed by atoms with Crippen molar-refractivity contribution in [3.63, 3.8) is 0 Å². The fraction of sp³-hybridized carbons (Fsp3) is 0.350. The summed E-state index contributed by atoms with van der Waals surface area (Å²) in [5.41, 5.74) is 1.31. The standard InChI is InChI=1S/C20H21FN4O2S2/c1-12-8-25(9-13(2)27-12)10-14-11-28-20(23-14)24-18(26)17-7-22-19(29-17)15-5-3-4-6-16(15)21/h3-7,11-13H,8-10H2,1-2H3,(H,23,24,26). The predicted octanol–water partition coefficient (Wildman–Crippen LogP) is 4.27. The highest BCUT2D eigenvalue weighted by Gasteiger charge is 2.23. The minimum absolute atomic E-state index is 0.200. The molecule has 0 radical (unpaired) electrons. The maximum absolute atomic E-state index is 13.9. The lowest BCUT2D eigenvalue weighted by Gasteiger charge is -2.34. The number of anilines is 1. The third-order valence-corrected chi connectivity index (χ3v) is 6.32. The zero-order chi connectivity index (χ0) is 20.4. The van der Waals surface area contributed by atoms with Crippen LogP contribution in [-0.4, -0.2) is 46.1 Å². The highest BCUT2D eigenvalue weighted by molar-refractivity contribution is 7.17. The maximum atomic E-state index is 13.9. The number of nitrogens with one attached hydrogen (secondary N) is 1. The van der Waals surface area contributed by atoms with E-state index in [9.17, 15) is 9.18 Å². The lowest BCUT2D eigenvalue weighted by Crippen LogP contribution is -2.44. The first kappa shape index (κ1) is 20.1. The molecule has 2 unspecified atom stereocenters. The van der Waals surface area contributed by atoms with Crippen molar-refractivity contribution in [3.8, 4) is 10.6 Å². The molecule has 1 aromatic carbocycles. The van der Waals surface area contributed by atoms with Crippen LogP contribution in [0.5, 0.6) is 0 Å². The van der Waals surface area contributed by atoms with Gasteiger partial charge in [-0.2, -0.15) is 0 Å². The zero-order valence-corrected chi connectivity index (χ0v) is 17.7. The van der Waals surface area contributed by atoms with Crippen molar-refractivity contribution in [2.75, 3.05) is 18.4 Å². The molecule has 1 amide bonds. The molecule has 1 N–H and O–H groups in total. The second kappa shape index (κ2) is 8.66. The Morgan fingerprint density at radius 3 is 2.83 bits per heavy atom. The lowest BCUT2D eigenvalue weighted by molar-refractivity contribution is -0.0707. The van der Waals surface area contributed by atoms with Gasteiger partial charge in [0.05, 0.1) is 24.1 Å². The van der Waals surface area contributed by atoms with Crippen molar-refractivity contribution >= 4 is 33.7 Å². The molecule has 6 nitrogen and oxygen atoms in total. The van der Waals surface area contributed by atoms with Crippen molar-refractivity contribution in [2.45, 2.75) is 32.6 Å². The average molecular weight is 433 g/mol. The molecule has 4 rings (SSSR count). The van der Waals surface area contributed by atoms with E-state index in [1.165, 1.54) is 23.6 Å². The Balaban J connectivity index is 1.39.